The highest BCUT2D eigenvalue weighted by molar-refractivity contribution is 8.00. The molecular weight excluding hydrogens is 344 g/mol. The molecule has 0 aliphatic carbocycles. The molecule has 2 rings (SSSR count). The number of hydrogen-bond acceptors (Lipinski definition) is 6. The summed E-state index contributed by atoms with van der Waals surface area (Å²) in [5.41, 5.74) is 0.440. The van der Waals surface area contributed by atoms with Gasteiger partial charge in [-0.2, -0.15) is 0 Å². The molecule has 0 atom stereocenters. The normalized spacial score (nSPS) is 10.3. The number of aromatic nitrogens is 1. The fraction of sp³-hybridized carbons (Fsp3) is 0.214. The Bertz CT molecular complexity index is 703. The number of amides is 1. The second-order valence-electron chi connectivity index (χ2n) is 4.02. The van der Waals surface area contributed by atoms with E-state index in [1.165, 1.54) is 23.1 Å². The Kier molecular flexibility index (Phi) is 5.82. The van der Waals surface area contributed by atoms with E-state index in [2.05, 4.69) is 10.3 Å². The van der Waals surface area contributed by atoms with Crippen LogP contribution in [0.3, 0.4) is 0 Å². The van der Waals surface area contributed by atoms with Gasteiger partial charge in [-0.25, -0.2) is 9.78 Å². The lowest BCUT2D eigenvalue weighted by atomic mass is 10.2. The molecule has 1 heterocycles. The van der Waals surface area contributed by atoms with Gasteiger partial charge in [-0.05, 0) is 25.3 Å². The lowest BCUT2D eigenvalue weighted by Crippen LogP contribution is -2.15. The molecule has 0 aliphatic heterocycles. The molecule has 0 saturated heterocycles. The van der Waals surface area contributed by atoms with E-state index in [9.17, 15) is 9.59 Å². The minimum Gasteiger partial charge on any atom is -0.461 e. The van der Waals surface area contributed by atoms with E-state index >= 15 is 0 Å². The van der Waals surface area contributed by atoms with Crippen molar-refractivity contribution < 1.29 is 14.3 Å². The van der Waals surface area contributed by atoms with Crippen LogP contribution in [-0.4, -0.2) is 29.7 Å². The Morgan fingerprint density at radius 1 is 1.41 bits per heavy atom. The monoisotopic (exact) mass is 356 g/mol. The first kappa shape index (κ1) is 16.8. The SMILES string of the molecule is CCOC(=O)c1nc(SC)sc1NC(=O)c1ccccc1Cl. The maximum atomic E-state index is 12.3. The average Bonchev–Trinajstić information content (AvgIpc) is 2.91. The van der Waals surface area contributed by atoms with Gasteiger partial charge in [0.15, 0.2) is 10.0 Å². The summed E-state index contributed by atoms with van der Waals surface area (Å²) in [6, 6.07) is 6.69. The van der Waals surface area contributed by atoms with Crippen LogP contribution >= 0.6 is 34.7 Å². The van der Waals surface area contributed by atoms with Crippen molar-refractivity contribution >= 4 is 51.6 Å². The zero-order valence-corrected chi connectivity index (χ0v) is 14.3. The van der Waals surface area contributed by atoms with Crippen LogP contribution in [0, 0.1) is 0 Å². The Hall–Kier alpha value is -1.57. The summed E-state index contributed by atoms with van der Waals surface area (Å²) in [7, 11) is 0. The molecule has 0 bridgehead atoms. The molecule has 8 heteroatoms. The third-order valence-corrected chi connectivity index (χ3v) is 4.88. The number of hydrogen-bond donors (Lipinski definition) is 1. The maximum absolute atomic E-state index is 12.3. The number of thiazole rings is 1. The Balaban J connectivity index is 2.29. The molecule has 0 aliphatic rings. The van der Waals surface area contributed by atoms with Crippen LogP contribution in [0.1, 0.15) is 27.8 Å². The summed E-state index contributed by atoms with van der Waals surface area (Å²) in [6.07, 6.45) is 1.84. The van der Waals surface area contributed by atoms with Gasteiger partial charge in [-0.1, -0.05) is 46.8 Å². The number of carbonyl (C=O) groups is 2. The van der Waals surface area contributed by atoms with Crippen LogP contribution in [0.15, 0.2) is 28.6 Å². The van der Waals surface area contributed by atoms with Gasteiger partial charge >= 0.3 is 5.97 Å². The lowest BCUT2D eigenvalue weighted by Gasteiger charge is -2.06. The molecule has 1 amide bonds. The summed E-state index contributed by atoms with van der Waals surface area (Å²) in [5, 5.41) is 3.37. The molecule has 2 aromatic rings. The summed E-state index contributed by atoms with van der Waals surface area (Å²) in [5.74, 6) is -0.957. The Labute approximate surface area is 141 Å². The fourth-order valence-electron chi connectivity index (χ4n) is 1.63. The summed E-state index contributed by atoms with van der Waals surface area (Å²) < 4.78 is 5.62. The summed E-state index contributed by atoms with van der Waals surface area (Å²) in [4.78, 5) is 28.4. The Morgan fingerprint density at radius 2 is 2.14 bits per heavy atom. The van der Waals surface area contributed by atoms with E-state index < -0.39 is 11.9 Å². The van der Waals surface area contributed by atoms with Crippen molar-refractivity contribution in [2.24, 2.45) is 0 Å². The fourth-order valence-corrected chi connectivity index (χ4v) is 3.29. The number of benzene rings is 1. The zero-order valence-electron chi connectivity index (χ0n) is 11.9. The number of carbonyl (C=O) groups excluding carboxylic acids is 2. The molecule has 5 nitrogen and oxygen atoms in total. The van der Waals surface area contributed by atoms with Crippen molar-refractivity contribution in [3.8, 4) is 0 Å². The van der Waals surface area contributed by atoms with Gasteiger partial charge in [0, 0.05) is 0 Å². The largest absolute Gasteiger partial charge is 0.461 e. The number of rotatable bonds is 5. The van der Waals surface area contributed by atoms with Crippen molar-refractivity contribution in [3.63, 3.8) is 0 Å². The molecule has 0 unspecified atom stereocenters. The highest BCUT2D eigenvalue weighted by Crippen LogP contribution is 2.31. The lowest BCUT2D eigenvalue weighted by molar-refractivity contribution is 0.0521. The van der Waals surface area contributed by atoms with Crippen LogP contribution in [0.4, 0.5) is 5.00 Å². The molecule has 22 heavy (non-hydrogen) atoms. The predicted octanol–water partition coefficient (Wildman–Crippen LogP) is 3.95. The highest BCUT2D eigenvalue weighted by atomic mass is 35.5. The van der Waals surface area contributed by atoms with Gasteiger partial charge in [0.2, 0.25) is 0 Å². The third kappa shape index (κ3) is 3.79. The van der Waals surface area contributed by atoms with Gasteiger partial charge in [0.1, 0.15) is 5.00 Å². The van der Waals surface area contributed by atoms with Crippen molar-refractivity contribution in [2.45, 2.75) is 11.3 Å². The predicted molar refractivity (Wildman–Crippen MR) is 89.3 cm³/mol. The van der Waals surface area contributed by atoms with Crippen molar-refractivity contribution in [2.75, 3.05) is 18.2 Å². The number of anilines is 1. The van der Waals surface area contributed by atoms with Gasteiger partial charge in [0.05, 0.1) is 17.2 Å². The van der Waals surface area contributed by atoms with Gasteiger partial charge in [-0.3, -0.25) is 4.79 Å². The second kappa shape index (κ2) is 7.62. The van der Waals surface area contributed by atoms with Crippen LogP contribution in [0.25, 0.3) is 0 Å². The molecule has 116 valence electrons. The number of halogens is 1. The average molecular weight is 357 g/mol. The van der Waals surface area contributed by atoms with Crippen molar-refractivity contribution in [1.29, 1.82) is 0 Å². The van der Waals surface area contributed by atoms with Crippen molar-refractivity contribution in [3.05, 3.63) is 40.5 Å². The smallest absolute Gasteiger partial charge is 0.360 e. The van der Waals surface area contributed by atoms with Gasteiger partial charge < -0.3 is 10.1 Å². The van der Waals surface area contributed by atoms with Crippen LogP contribution < -0.4 is 5.32 Å². The number of nitrogens with zero attached hydrogens (tertiary/aromatic N) is 1. The molecule has 0 spiro atoms. The van der Waals surface area contributed by atoms with E-state index in [0.29, 0.717) is 19.9 Å². The molecule has 1 aromatic carbocycles. The topological polar surface area (TPSA) is 68.3 Å². The van der Waals surface area contributed by atoms with E-state index in [1.807, 2.05) is 6.26 Å². The molecule has 1 aromatic heterocycles. The third-order valence-electron chi connectivity index (χ3n) is 2.60. The standard InChI is InChI=1S/C14H13ClN2O3S2/c1-3-20-13(19)10-12(22-14(16-10)21-2)17-11(18)8-6-4-5-7-9(8)15/h4-7H,3H2,1-2H3,(H,17,18). The zero-order chi connectivity index (χ0) is 16.1. The van der Waals surface area contributed by atoms with Crippen LogP contribution in [-0.2, 0) is 4.74 Å². The first-order valence-electron chi connectivity index (χ1n) is 6.34. The van der Waals surface area contributed by atoms with Crippen LogP contribution in [0.5, 0.6) is 0 Å². The minimum atomic E-state index is -0.562. The summed E-state index contributed by atoms with van der Waals surface area (Å²) >= 11 is 8.61. The molecular formula is C14H13ClN2O3S2. The van der Waals surface area contributed by atoms with Gasteiger partial charge in [0.25, 0.3) is 5.91 Å². The number of ether oxygens (including phenoxy) is 1. The summed E-state index contributed by atoms with van der Waals surface area (Å²) in [6.45, 7) is 1.95. The first-order chi connectivity index (χ1) is 10.6. The molecule has 1 N–H and O–H groups in total. The molecule has 0 saturated carbocycles. The number of esters is 1. The maximum Gasteiger partial charge on any atom is 0.360 e. The second-order valence-corrected chi connectivity index (χ2v) is 6.48. The molecule has 0 fully saturated rings. The van der Waals surface area contributed by atoms with Gasteiger partial charge in [-0.15, -0.1) is 0 Å². The molecule has 0 radical (unpaired) electrons. The number of thioether (sulfide) groups is 1. The van der Waals surface area contributed by atoms with E-state index in [0.717, 1.165) is 0 Å². The highest BCUT2D eigenvalue weighted by Gasteiger charge is 2.22. The number of nitrogens with one attached hydrogen (secondary N) is 1. The van der Waals surface area contributed by atoms with E-state index in [-0.39, 0.29) is 12.3 Å². The van der Waals surface area contributed by atoms with E-state index in [1.54, 1.807) is 31.2 Å². The van der Waals surface area contributed by atoms with Crippen LogP contribution in [0.2, 0.25) is 5.02 Å². The Morgan fingerprint density at radius 3 is 2.77 bits per heavy atom. The minimum absolute atomic E-state index is 0.108. The first-order valence-corrected chi connectivity index (χ1v) is 8.76. The quantitative estimate of drug-likeness (QED) is 0.649. The van der Waals surface area contributed by atoms with E-state index in [4.69, 9.17) is 16.3 Å². The van der Waals surface area contributed by atoms with Crippen molar-refractivity contribution in [1.82, 2.24) is 4.98 Å².